The summed E-state index contributed by atoms with van der Waals surface area (Å²) >= 11 is 0. The summed E-state index contributed by atoms with van der Waals surface area (Å²) in [5.41, 5.74) is 0. The Morgan fingerprint density at radius 3 is 0.783 bits per heavy atom. The molecule has 0 fully saturated rings. The third-order valence-corrected chi connectivity index (χ3v) is 2.16. The summed E-state index contributed by atoms with van der Waals surface area (Å²) < 4.78 is 70.1. The monoisotopic (exact) mass is 386 g/mol. The maximum absolute atomic E-state index is 8.49. The van der Waals surface area contributed by atoms with Crippen molar-refractivity contribution in [1.29, 1.82) is 0 Å². The summed E-state index contributed by atoms with van der Waals surface area (Å²) in [6.07, 6.45) is 4.11. The van der Waals surface area contributed by atoms with E-state index in [2.05, 4.69) is 42.3 Å². The molecule has 0 aromatic heterocycles. The first-order valence-electron chi connectivity index (χ1n) is 6.55. The van der Waals surface area contributed by atoms with Crippen LogP contribution in [0.3, 0.4) is 0 Å². The zero-order valence-electron chi connectivity index (χ0n) is 14.5. The first kappa shape index (κ1) is 28.0. The van der Waals surface area contributed by atoms with Gasteiger partial charge in [0.1, 0.15) is 0 Å². The highest BCUT2D eigenvalue weighted by Gasteiger charge is 2.08. The Bertz CT molecular complexity index is 242. The van der Waals surface area contributed by atoms with Crippen molar-refractivity contribution in [3.8, 4) is 0 Å². The average molecular weight is 387 g/mol. The standard InChI is InChI=1S/C11H28N2.2ClHO4/c1-12(2,3)10-8-7-9-11-13(4,5)6;2*2-1(3,4)5/h7-11H2,1-6H3;2*(H,2,3,4,5)/q+2;;/p-2. The predicted octanol–water partition coefficient (Wildman–Crippen LogP) is -7.94. The lowest BCUT2D eigenvalue weighted by Crippen LogP contribution is -2.68. The van der Waals surface area contributed by atoms with Crippen molar-refractivity contribution < 1.29 is 66.7 Å². The van der Waals surface area contributed by atoms with Gasteiger partial charge in [0.2, 0.25) is 0 Å². The van der Waals surface area contributed by atoms with Crippen molar-refractivity contribution in [2.24, 2.45) is 0 Å². The Morgan fingerprint density at radius 2 is 0.652 bits per heavy atom. The summed E-state index contributed by atoms with van der Waals surface area (Å²) in [7, 11) is 3.69. The van der Waals surface area contributed by atoms with Gasteiger partial charge < -0.3 is 8.97 Å². The minimum absolute atomic E-state index is 1.10. The lowest BCUT2D eigenvalue weighted by atomic mass is 10.2. The van der Waals surface area contributed by atoms with Crippen LogP contribution in [0.15, 0.2) is 0 Å². The molecule has 10 nitrogen and oxygen atoms in total. The second-order valence-corrected chi connectivity index (χ2v) is 8.36. The van der Waals surface area contributed by atoms with Crippen molar-refractivity contribution in [2.45, 2.75) is 19.3 Å². The van der Waals surface area contributed by atoms with Gasteiger partial charge in [0, 0.05) is 0 Å². The molecule has 0 aliphatic carbocycles. The van der Waals surface area contributed by atoms with Crippen molar-refractivity contribution in [2.75, 3.05) is 55.4 Å². The van der Waals surface area contributed by atoms with Crippen LogP contribution < -0.4 is 37.3 Å². The Morgan fingerprint density at radius 1 is 0.478 bits per heavy atom. The number of hydrogen-bond acceptors (Lipinski definition) is 8. The molecule has 23 heavy (non-hydrogen) atoms. The van der Waals surface area contributed by atoms with Gasteiger partial charge in [0.15, 0.2) is 0 Å². The maximum Gasteiger partial charge on any atom is 0.0780 e. The fraction of sp³-hybridized carbons (Fsp3) is 1.00. The van der Waals surface area contributed by atoms with Gasteiger partial charge >= 0.3 is 0 Å². The second kappa shape index (κ2) is 11.7. The van der Waals surface area contributed by atoms with E-state index in [1.54, 1.807) is 0 Å². The molecule has 144 valence electrons. The second-order valence-electron chi connectivity index (χ2n) is 6.84. The molecule has 0 radical (unpaired) electrons. The van der Waals surface area contributed by atoms with Crippen LogP contribution in [0.1, 0.15) is 19.3 Å². The summed E-state index contributed by atoms with van der Waals surface area (Å²) in [6.45, 7) is 2.61. The normalized spacial score (nSPS) is 12.8. The Hall–Kier alpha value is 0.180. The molecule has 0 atom stereocenters. The summed E-state index contributed by atoms with van der Waals surface area (Å²) in [4.78, 5) is 0. The molecular weight excluding hydrogens is 359 g/mol. The molecule has 0 bridgehead atoms. The smallest absolute Gasteiger partial charge is 0.0780 e. The fourth-order valence-corrected chi connectivity index (χ4v) is 1.35. The van der Waals surface area contributed by atoms with Gasteiger partial charge in [-0.15, -0.1) is 20.5 Å². The summed E-state index contributed by atoms with van der Waals surface area (Å²) in [5, 5.41) is 0. The number of halogens is 2. The predicted molar refractivity (Wildman–Crippen MR) is 59.6 cm³/mol. The van der Waals surface area contributed by atoms with E-state index in [9.17, 15) is 0 Å². The highest BCUT2D eigenvalue weighted by atomic mass is 35.7. The molecule has 0 aromatic rings. The van der Waals surface area contributed by atoms with Gasteiger partial charge in [-0.2, -0.15) is 0 Å². The number of unbranched alkanes of at least 4 members (excludes halogenated alkanes) is 2. The molecule has 0 unspecified atom stereocenters. The molecule has 0 saturated heterocycles. The Balaban J connectivity index is -0.000000329. The Labute approximate surface area is 142 Å². The van der Waals surface area contributed by atoms with E-state index < -0.39 is 20.5 Å². The molecule has 0 spiro atoms. The van der Waals surface area contributed by atoms with Gasteiger partial charge in [0.25, 0.3) is 0 Å². The molecular formula is C11H28Cl2N2O8. The number of rotatable bonds is 6. The van der Waals surface area contributed by atoms with Gasteiger partial charge in [0.05, 0.1) is 55.4 Å². The van der Waals surface area contributed by atoms with Crippen LogP contribution in [0.25, 0.3) is 0 Å². The van der Waals surface area contributed by atoms with Crippen LogP contribution in [0.2, 0.25) is 0 Å². The summed E-state index contributed by atoms with van der Waals surface area (Å²) in [6, 6.07) is 0. The third-order valence-electron chi connectivity index (χ3n) is 2.16. The minimum Gasteiger partial charge on any atom is -0.331 e. The quantitative estimate of drug-likeness (QED) is 0.318. The van der Waals surface area contributed by atoms with E-state index in [1.807, 2.05) is 0 Å². The lowest BCUT2D eigenvalue weighted by molar-refractivity contribution is -2.00. The molecule has 0 saturated carbocycles. The topological polar surface area (TPSA) is 184 Å². The number of nitrogens with zero attached hydrogens (tertiary/aromatic N) is 2. The van der Waals surface area contributed by atoms with Crippen LogP contribution in [-0.4, -0.2) is 64.3 Å². The molecule has 0 heterocycles. The van der Waals surface area contributed by atoms with E-state index in [-0.39, 0.29) is 0 Å². The highest BCUT2D eigenvalue weighted by Crippen LogP contribution is 2.03. The van der Waals surface area contributed by atoms with Crippen molar-refractivity contribution in [1.82, 2.24) is 0 Å². The van der Waals surface area contributed by atoms with E-state index in [0.717, 1.165) is 8.97 Å². The van der Waals surface area contributed by atoms with Crippen LogP contribution in [0.5, 0.6) is 0 Å². The molecule has 0 aliphatic heterocycles. The van der Waals surface area contributed by atoms with Gasteiger partial charge in [-0.25, -0.2) is 37.3 Å². The average Bonchev–Trinajstić information content (AvgIpc) is 2.06. The van der Waals surface area contributed by atoms with E-state index in [4.69, 9.17) is 37.3 Å². The molecule has 0 N–H and O–H groups in total. The van der Waals surface area contributed by atoms with Crippen LogP contribution >= 0.6 is 0 Å². The molecule has 0 aromatic carbocycles. The zero-order chi connectivity index (χ0) is 19.5. The summed E-state index contributed by atoms with van der Waals surface area (Å²) in [5.74, 6) is 0. The van der Waals surface area contributed by atoms with E-state index in [1.165, 1.54) is 32.4 Å². The van der Waals surface area contributed by atoms with Crippen LogP contribution in [-0.2, 0) is 0 Å². The maximum atomic E-state index is 8.49. The van der Waals surface area contributed by atoms with Crippen molar-refractivity contribution >= 4 is 0 Å². The fourth-order valence-electron chi connectivity index (χ4n) is 1.35. The lowest BCUT2D eigenvalue weighted by Gasteiger charge is -2.25. The van der Waals surface area contributed by atoms with Crippen molar-refractivity contribution in [3.63, 3.8) is 0 Å². The van der Waals surface area contributed by atoms with Gasteiger partial charge in [-0.05, 0) is 19.3 Å². The van der Waals surface area contributed by atoms with Crippen LogP contribution in [0.4, 0.5) is 0 Å². The third kappa shape index (κ3) is 87.2. The van der Waals surface area contributed by atoms with Crippen LogP contribution in [0, 0.1) is 20.5 Å². The minimum atomic E-state index is -4.94. The number of quaternary nitrogens is 2. The zero-order valence-corrected chi connectivity index (χ0v) is 16.0. The molecule has 0 amide bonds. The number of hydrogen-bond donors (Lipinski definition) is 0. The molecule has 0 rings (SSSR count). The highest BCUT2D eigenvalue weighted by molar-refractivity contribution is 4.40. The van der Waals surface area contributed by atoms with Crippen molar-refractivity contribution in [3.05, 3.63) is 0 Å². The SMILES string of the molecule is C[N+](C)(C)CCCCC[N+](C)(C)C.[O-][Cl+3]([O-])([O-])[O-].[O-][Cl+3]([O-])([O-])[O-]. The van der Waals surface area contributed by atoms with E-state index in [0.29, 0.717) is 0 Å². The Kier molecular flexibility index (Phi) is 14.2. The molecule has 0 aliphatic rings. The van der Waals surface area contributed by atoms with Gasteiger partial charge in [-0.3, -0.25) is 0 Å². The first-order valence-corrected chi connectivity index (χ1v) is 9.02. The largest absolute Gasteiger partial charge is 0.331 e. The molecule has 12 heteroatoms. The van der Waals surface area contributed by atoms with Gasteiger partial charge in [-0.1, -0.05) is 0 Å². The first-order chi connectivity index (χ1) is 9.71. The van der Waals surface area contributed by atoms with E-state index >= 15 is 0 Å².